The standard InChI is InChI=1S/C12H16FNO5S/c1-8(7-19-3)14(2)20(17,18)11-6-9(12(15)16)4-5-10(11)13/h4-6,8H,7H2,1-3H3,(H,15,16). The summed E-state index contributed by atoms with van der Waals surface area (Å²) in [4.78, 5) is 10.2. The van der Waals surface area contributed by atoms with Gasteiger partial charge in [0.2, 0.25) is 10.0 Å². The first-order chi connectivity index (χ1) is 9.21. The van der Waals surface area contributed by atoms with Gasteiger partial charge >= 0.3 is 5.97 Å². The first-order valence-electron chi connectivity index (χ1n) is 5.71. The third kappa shape index (κ3) is 3.33. The maximum atomic E-state index is 13.7. The van der Waals surface area contributed by atoms with E-state index in [-0.39, 0.29) is 12.2 Å². The van der Waals surface area contributed by atoms with Gasteiger partial charge in [0.15, 0.2) is 0 Å². The zero-order valence-corrected chi connectivity index (χ0v) is 12.1. The van der Waals surface area contributed by atoms with Crippen molar-refractivity contribution in [2.45, 2.75) is 17.9 Å². The number of carboxylic acid groups (broad SMARTS) is 1. The van der Waals surface area contributed by atoms with Crippen LogP contribution in [0.25, 0.3) is 0 Å². The summed E-state index contributed by atoms with van der Waals surface area (Å²) in [6.45, 7) is 1.73. The largest absolute Gasteiger partial charge is 0.478 e. The molecule has 20 heavy (non-hydrogen) atoms. The van der Waals surface area contributed by atoms with Crippen LogP contribution < -0.4 is 0 Å². The van der Waals surface area contributed by atoms with E-state index in [1.165, 1.54) is 14.2 Å². The third-order valence-corrected chi connectivity index (χ3v) is 4.85. The van der Waals surface area contributed by atoms with Gasteiger partial charge in [0.1, 0.15) is 10.7 Å². The van der Waals surface area contributed by atoms with Crippen LogP contribution >= 0.6 is 0 Å². The molecule has 0 saturated carbocycles. The van der Waals surface area contributed by atoms with Crippen molar-refractivity contribution >= 4 is 16.0 Å². The fourth-order valence-electron chi connectivity index (χ4n) is 1.57. The lowest BCUT2D eigenvalue weighted by molar-refractivity contribution is 0.0696. The number of carboxylic acids is 1. The lowest BCUT2D eigenvalue weighted by Gasteiger charge is -2.23. The number of methoxy groups -OCH3 is 1. The molecule has 0 fully saturated rings. The zero-order chi connectivity index (χ0) is 15.5. The third-order valence-electron chi connectivity index (χ3n) is 2.86. The first kappa shape index (κ1) is 16.5. The van der Waals surface area contributed by atoms with Crippen LogP contribution in [0.2, 0.25) is 0 Å². The number of benzene rings is 1. The van der Waals surface area contributed by atoms with E-state index in [2.05, 4.69) is 0 Å². The molecule has 0 aliphatic carbocycles. The highest BCUT2D eigenvalue weighted by atomic mass is 32.2. The molecule has 0 aromatic heterocycles. The monoisotopic (exact) mass is 305 g/mol. The van der Waals surface area contributed by atoms with E-state index in [0.717, 1.165) is 22.5 Å². The molecule has 0 spiro atoms. The Hall–Kier alpha value is -1.51. The van der Waals surface area contributed by atoms with Crippen LogP contribution in [0, 0.1) is 5.82 Å². The molecule has 8 heteroatoms. The van der Waals surface area contributed by atoms with Gasteiger partial charge in [0.25, 0.3) is 0 Å². The van der Waals surface area contributed by atoms with E-state index >= 15 is 0 Å². The number of rotatable bonds is 6. The Morgan fingerprint density at radius 2 is 2.10 bits per heavy atom. The van der Waals surface area contributed by atoms with Gasteiger partial charge in [-0.15, -0.1) is 0 Å². The van der Waals surface area contributed by atoms with Crippen molar-refractivity contribution in [3.05, 3.63) is 29.6 Å². The summed E-state index contributed by atoms with van der Waals surface area (Å²) < 4.78 is 44.1. The van der Waals surface area contributed by atoms with Crippen LogP contribution in [-0.4, -0.2) is 50.6 Å². The number of halogens is 1. The molecule has 6 nitrogen and oxygen atoms in total. The van der Waals surface area contributed by atoms with Crippen LogP contribution in [0.15, 0.2) is 23.1 Å². The highest BCUT2D eigenvalue weighted by Crippen LogP contribution is 2.21. The number of hydrogen-bond donors (Lipinski definition) is 1. The summed E-state index contributed by atoms with van der Waals surface area (Å²) >= 11 is 0. The predicted octanol–water partition coefficient (Wildman–Crippen LogP) is 1.18. The number of hydrogen-bond acceptors (Lipinski definition) is 4. The SMILES string of the molecule is COCC(C)N(C)S(=O)(=O)c1cc(C(=O)O)ccc1F. The fourth-order valence-corrected chi connectivity index (χ4v) is 3.01. The average Bonchev–Trinajstić information content (AvgIpc) is 2.37. The van der Waals surface area contributed by atoms with Crippen LogP contribution in [0.1, 0.15) is 17.3 Å². The van der Waals surface area contributed by atoms with Gasteiger partial charge in [-0.3, -0.25) is 0 Å². The predicted molar refractivity (Wildman–Crippen MR) is 69.6 cm³/mol. The Morgan fingerprint density at radius 1 is 1.50 bits per heavy atom. The zero-order valence-electron chi connectivity index (χ0n) is 11.3. The van der Waals surface area contributed by atoms with Gasteiger partial charge in [-0.1, -0.05) is 0 Å². The van der Waals surface area contributed by atoms with Gasteiger partial charge in [-0.2, -0.15) is 4.31 Å². The molecular formula is C12H16FNO5S. The molecule has 0 heterocycles. The quantitative estimate of drug-likeness (QED) is 0.853. The number of nitrogens with zero attached hydrogens (tertiary/aromatic N) is 1. The van der Waals surface area contributed by atoms with E-state index in [9.17, 15) is 17.6 Å². The fraction of sp³-hybridized carbons (Fsp3) is 0.417. The van der Waals surface area contributed by atoms with Crippen molar-refractivity contribution in [3.8, 4) is 0 Å². The molecule has 1 atom stereocenters. The Bertz CT molecular complexity index is 602. The van der Waals surface area contributed by atoms with E-state index in [0.29, 0.717) is 0 Å². The highest BCUT2D eigenvalue weighted by molar-refractivity contribution is 7.89. The lowest BCUT2D eigenvalue weighted by atomic mass is 10.2. The van der Waals surface area contributed by atoms with E-state index in [1.807, 2.05) is 0 Å². The second-order valence-electron chi connectivity index (χ2n) is 4.28. The Balaban J connectivity index is 3.27. The molecule has 0 bridgehead atoms. The minimum absolute atomic E-state index is 0.135. The topological polar surface area (TPSA) is 83.9 Å². The number of likely N-dealkylation sites (N-methyl/N-ethyl adjacent to an activating group) is 1. The first-order valence-corrected chi connectivity index (χ1v) is 7.15. The Labute approximate surface area is 116 Å². The maximum absolute atomic E-state index is 13.7. The number of ether oxygens (including phenoxy) is 1. The summed E-state index contributed by atoms with van der Waals surface area (Å²) in [6.07, 6.45) is 0. The van der Waals surface area contributed by atoms with Crippen molar-refractivity contribution < 1.29 is 27.4 Å². The van der Waals surface area contributed by atoms with Crippen molar-refractivity contribution in [2.24, 2.45) is 0 Å². The molecule has 0 radical (unpaired) electrons. The minimum atomic E-state index is -4.13. The molecule has 0 amide bonds. The van der Waals surface area contributed by atoms with Gasteiger partial charge in [-0.25, -0.2) is 17.6 Å². The highest BCUT2D eigenvalue weighted by Gasteiger charge is 2.29. The molecule has 1 rings (SSSR count). The molecule has 1 N–H and O–H groups in total. The van der Waals surface area contributed by atoms with Crippen molar-refractivity contribution in [1.82, 2.24) is 4.31 Å². The molecule has 112 valence electrons. The second kappa shape index (κ2) is 6.29. The normalized spacial score (nSPS) is 13.4. The number of carbonyl (C=O) groups is 1. The molecule has 1 aromatic rings. The minimum Gasteiger partial charge on any atom is -0.478 e. The maximum Gasteiger partial charge on any atom is 0.335 e. The molecule has 0 aliphatic heterocycles. The molecule has 1 unspecified atom stereocenters. The van der Waals surface area contributed by atoms with E-state index < -0.39 is 32.7 Å². The molecule has 0 aliphatic rings. The van der Waals surface area contributed by atoms with Crippen LogP contribution in [-0.2, 0) is 14.8 Å². The van der Waals surface area contributed by atoms with Gasteiger partial charge in [-0.05, 0) is 25.1 Å². The van der Waals surface area contributed by atoms with Crippen molar-refractivity contribution in [3.63, 3.8) is 0 Å². The van der Waals surface area contributed by atoms with Crippen molar-refractivity contribution in [1.29, 1.82) is 0 Å². The van der Waals surface area contributed by atoms with Crippen LogP contribution in [0.3, 0.4) is 0 Å². The Morgan fingerprint density at radius 3 is 2.60 bits per heavy atom. The van der Waals surface area contributed by atoms with E-state index in [4.69, 9.17) is 9.84 Å². The number of aromatic carboxylic acids is 1. The summed E-state index contributed by atoms with van der Waals surface area (Å²) in [5.74, 6) is -2.32. The molecular weight excluding hydrogens is 289 g/mol. The summed E-state index contributed by atoms with van der Waals surface area (Å²) in [6, 6.07) is 2.13. The second-order valence-corrected chi connectivity index (χ2v) is 6.24. The molecule has 1 aromatic carbocycles. The Kier molecular flexibility index (Phi) is 5.21. The average molecular weight is 305 g/mol. The number of sulfonamides is 1. The smallest absolute Gasteiger partial charge is 0.335 e. The van der Waals surface area contributed by atoms with Gasteiger partial charge in [0.05, 0.1) is 12.2 Å². The van der Waals surface area contributed by atoms with Gasteiger partial charge in [0, 0.05) is 20.2 Å². The van der Waals surface area contributed by atoms with Crippen LogP contribution in [0.5, 0.6) is 0 Å². The summed E-state index contributed by atoms with van der Waals surface area (Å²) in [5, 5.41) is 8.85. The van der Waals surface area contributed by atoms with Crippen LogP contribution in [0.4, 0.5) is 4.39 Å². The van der Waals surface area contributed by atoms with Crippen molar-refractivity contribution in [2.75, 3.05) is 20.8 Å². The van der Waals surface area contributed by atoms with Gasteiger partial charge < -0.3 is 9.84 Å². The molecule has 0 saturated heterocycles. The summed E-state index contributed by atoms with van der Waals surface area (Å²) in [5.41, 5.74) is -0.294. The summed E-state index contributed by atoms with van der Waals surface area (Å²) in [7, 11) is -1.43. The van der Waals surface area contributed by atoms with E-state index in [1.54, 1.807) is 6.92 Å². The lowest BCUT2D eigenvalue weighted by Crippen LogP contribution is -2.38.